The first-order valence-corrected chi connectivity index (χ1v) is 9.48. The van der Waals surface area contributed by atoms with Gasteiger partial charge in [-0.05, 0) is 30.5 Å². The lowest BCUT2D eigenvalue weighted by atomic mass is 10.1. The molecule has 0 saturated heterocycles. The van der Waals surface area contributed by atoms with E-state index in [9.17, 15) is 9.59 Å². The molecule has 0 unspecified atom stereocenters. The Kier molecular flexibility index (Phi) is 6.33. The average molecular weight is 380 g/mol. The monoisotopic (exact) mass is 380 g/mol. The molecule has 3 aromatic rings. The van der Waals surface area contributed by atoms with Crippen LogP contribution in [-0.4, -0.2) is 24.2 Å². The second-order valence-corrected chi connectivity index (χ2v) is 7.01. The number of benzene rings is 3. The van der Waals surface area contributed by atoms with Crippen molar-refractivity contribution in [2.75, 3.05) is 12.4 Å². The summed E-state index contributed by atoms with van der Waals surface area (Å²) in [6.07, 6.45) is 0. The van der Waals surface area contributed by atoms with Gasteiger partial charge >= 0.3 is 0 Å². The van der Waals surface area contributed by atoms with E-state index in [1.54, 1.807) is 0 Å². The van der Waals surface area contributed by atoms with E-state index in [1.807, 2.05) is 73.7 Å². The minimum absolute atomic E-state index is 0.181. The normalized spacial score (nSPS) is 10.4. The van der Waals surface area contributed by atoms with E-state index < -0.39 is 5.91 Å². The van der Waals surface area contributed by atoms with Crippen molar-refractivity contribution in [2.24, 2.45) is 0 Å². The van der Waals surface area contributed by atoms with Crippen molar-refractivity contribution >= 4 is 34.3 Å². The van der Waals surface area contributed by atoms with E-state index in [-0.39, 0.29) is 18.3 Å². The molecule has 3 rings (SSSR count). The molecule has 2 N–H and O–H groups in total. The topological polar surface area (TPSA) is 67.4 Å². The van der Waals surface area contributed by atoms with Crippen molar-refractivity contribution in [1.82, 2.24) is 10.9 Å². The number of hydrazine groups is 1. The van der Waals surface area contributed by atoms with E-state index in [2.05, 4.69) is 10.9 Å². The molecule has 3 aromatic carbocycles. The maximum atomic E-state index is 11.9. The molecule has 0 aliphatic carbocycles. The van der Waals surface area contributed by atoms with Crippen LogP contribution in [0.1, 0.15) is 5.56 Å². The molecular formula is C21H20N2O3S. The molecule has 0 aromatic heterocycles. The lowest BCUT2D eigenvalue weighted by Crippen LogP contribution is -2.44. The smallest absolute Gasteiger partial charge is 0.276 e. The molecule has 0 bridgehead atoms. The minimum Gasteiger partial charge on any atom is -0.483 e. The van der Waals surface area contributed by atoms with Crippen molar-refractivity contribution < 1.29 is 14.3 Å². The van der Waals surface area contributed by atoms with Gasteiger partial charge in [0.05, 0.1) is 5.75 Å². The summed E-state index contributed by atoms with van der Waals surface area (Å²) < 4.78 is 5.59. The zero-order valence-corrected chi connectivity index (χ0v) is 15.7. The summed E-state index contributed by atoms with van der Waals surface area (Å²) in [6.45, 7) is 1.83. The minimum atomic E-state index is -0.420. The first kappa shape index (κ1) is 18.8. The number of carbonyl (C=O) groups excluding carboxylic acids is 2. The van der Waals surface area contributed by atoms with Crippen LogP contribution in [0.2, 0.25) is 0 Å². The predicted molar refractivity (Wildman–Crippen MR) is 108 cm³/mol. The number of amides is 2. The molecule has 0 heterocycles. The van der Waals surface area contributed by atoms with Crippen molar-refractivity contribution in [3.05, 3.63) is 72.3 Å². The van der Waals surface area contributed by atoms with Gasteiger partial charge in [0.1, 0.15) is 5.75 Å². The molecule has 0 spiro atoms. The fraction of sp³-hybridized carbons (Fsp3) is 0.143. The molecule has 0 aliphatic rings. The Morgan fingerprint density at radius 3 is 2.41 bits per heavy atom. The third-order valence-electron chi connectivity index (χ3n) is 3.84. The molecule has 0 fully saturated rings. The summed E-state index contributed by atoms with van der Waals surface area (Å²) in [5, 5.41) is 1.98. The number of nitrogens with one attached hydrogen (secondary N) is 2. The number of ether oxygens (including phenoxy) is 1. The fourth-order valence-electron chi connectivity index (χ4n) is 2.46. The molecule has 0 aliphatic heterocycles. The highest BCUT2D eigenvalue weighted by Gasteiger charge is 2.08. The van der Waals surface area contributed by atoms with Crippen LogP contribution < -0.4 is 15.6 Å². The van der Waals surface area contributed by atoms with Crippen LogP contribution in [0.4, 0.5) is 0 Å². The number of thioether (sulfide) groups is 1. The van der Waals surface area contributed by atoms with E-state index in [0.717, 1.165) is 15.7 Å². The molecule has 6 heteroatoms. The Bertz CT molecular complexity index is 936. The Morgan fingerprint density at radius 1 is 0.889 bits per heavy atom. The Labute approximate surface area is 162 Å². The van der Waals surface area contributed by atoms with Gasteiger partial charge in [0.2, 0.25) is 5.91 Å². The molecule has 27 heavy (non-hydrogen) atoms. The van der Waals surface area contributed by atoms with Crippen LogP contribution in [0.3, 0.4) is 0 Å². The molecule has 138 valence electrons. The average Bonchev–Trinajstić information content (AvgIpc) is 2.70. The SMILES string of the molecule is Cc1ccc(SCC(=O)NNC(=O)COc2cccc3ccccc23)cc1. The Balaban J connectivity index is 1.42. The summed E-state index contributed by atoms with van der Waals surface area (Å²) in [4.78, 5) is 24.8. The van der Waals surface area contributed by atoms with Gasteiger partial charge in [-0.15, -0.1) is 11.8 Å². The van der Waals surface area contributed by atoms with Crippen molar-refractivity contribution in [2.45, 2.75) is 11.8 Å². The molecule has 2 amide bonds. The second kappa shape index (κ2) is 9.09. The van der Waals surface area contributed by atoms with Crippen molar-refractivity contribution in [3.8, 4) is 5.75 Å². The maximum absolute atomic E-state index is 11.9. The second-order valence-electron chi connectivity index (χ2n) is 5.96. The fourth-order valence-corrected chi connectivity index (χ4v) is 3.16. The molecular weight excluding hydrogens is 360 g/mol. The number of hydrogen-bond donors (Lipinski definition) is 2. The zero-order valence-electron chi connectivity index (χ0n) is 14.9. The Morgan fingerprint density at radius 2 is 1.59 bits per heavy atom. The molecule has 0 atom stereocenters. The third kappa shape index (κ3) is 5.49. The maximum Gasteiger partial charge on any atom is 0.276 e. The predicted octanol–water partition coefficient (Wildman–Crippen LogP) is 3.47. The number of fused-ring (bicyclic) bond motifs is 1. The van der Waals surface area contributed by atoms with Crippen LogP contribution in [0, 0.1) is 6.92 Å². The van der Waals surface area contributed by atoms with E-state index in [4.69, 9.17) is 4.74 Å². The zero-order chi connectivity index (χ0) is 19.1. The number of hydrogen-bond acceptors (Lipinski definition) is 4. The van der Waals surface area contributed by atoms with Crippen LogP contribution >= 0.6 is 11.8 Å². The quantitative estimate of drug-likeness (QED) is 0.508. The highest BCUT2D eigenvalue weighted by molar-refractivity contribution is 8.00. The number of aryl methyl sites for hydroxylation is 1. The van der Waals surface area contributed by atoms with Gasteiger partial charge in [0, 0.05) is 10.3 Å². The van der Waals surface area contributed by atoms with Crippen molar-refractivity contribution in [1.29, 1.82) is 0 Å². The van der Waals surface area contributed by atoms with Gasteiger partial charge in [-0.2, -0.15) is 0 Å². The number of carbonyl (C=O) groups is 2. The van der Waals surface area contributed by atoms with Gasteiger partial charge in [0.15, 0.2) is 6.61 Å². The van der Waals surface area contributed by atoms with E-state index >= 15 is 0 Å². The first-order valence-electron chi connectivity index (χ1n) is 8.49. The third-order valence-corrected chi connectivity index (χ3v) is 4.85. The van der Waals surface area contributed by atoms with Gasteiger partial charge in [-0.3, -0.25) is 20.4 Å². The molecule has 0 saturated carbocycles. The highest BCUT2D eigenvalue weighted by atomic mass is 32.2. The summed E-state index contributed by atoms with van der Waals surface area (Å²) in [7, 11) is 0. The van der Waals surface area contributed by atoms with Gasteiger partial charge in [-0.1, -0.05) is 54.1 Å². The lowest BCUT2D eigenvalue weighted by Gasteiger charge is -2.10. The molecule has 0 radical (unpaired) electrons. The van der Waals surface area contributed by atoms with Crippen LogP contribution in [0.5, 0.6) is 5.75 Å². The summed E-state index contributed by atoms with van der Waals surface area (Å²) >= 11 is 1.41. The lowest BCUT2D eigenvalue weighted by molar-refractivity contribution is -0.128. The van der Waals surface area contributed by atoms with Crippen LogP contribution in [-0.2, 0) is 9.59 Å². The van der Waals surface area contributed by atoms with E-state index in [1.165, 1.54) is 17.3 Å². The highest BCUT2D eigenvalue weighted by Crippen LogP contribution is 2.24. The van der Waals surface area contributed by atoms with Gasteiger partial charge in [-0.25, -0.2) is 0 Å². The van der Waals surface area contributed by atoms with Crippen LogP contribution in [0.25, 0.3) is 10.8 Å². The summed E-state index contributed by atoms with van der Waals surface area (Å²) in [6, 6.07) is 21.4. The van der Waals surface area contributed by atoms with Crippen molar-refractivity contribution in [3.63, 3.8) is 0 Å². The molecule has 5 nitrogen and oxygen atoms in total. The van der Waals surface area contributed by atoms with Gasteiger partial charge < -0.3 is 4.74 Å². The summed E-state index contributed by atoms with van der Waals surface area (Å²) in [5.74, 6) is 0.147. The number of rotatable bonds is 6. The van der Waals surface area contributed by atoms with Gasteiger partial charge in [0.25, 0.3) is 5.91 Å². The Hall–Kier alpha value is -2.99. The standard InChI is InChI=1S/C21H20N2O3S/c1-15-9-11-17(12-10-15)27-14-21(25)23-22-20(24)13-26-19-8-4-6-16-5-2-3-7-18(16)19/h2-12H,13-14H2,1H3,(H,22,24)(H,23,25). The summed E-state index contributed by atoms with van der Waals surface area (Å²) in [5.41, 5.74) is 5.94. The van der Waals surface area contributed by atoms with E-state index in [0.29, 0.717) is 5.75 Å². The first-order chi connectivity index (χ1) is 13.1. The largest absolute Gasteiger partial charge is 0.483 e. The van der Waals surface area contributed by atoms with Crippen LogP contribution in [0.15, 0.2) is 71.6 Å².